The summed E-state index contributed by atoms with van der Waals surface area (Å²) in [6.07, 6.45) is 1.60. The van der Waals surface area contributed by atoms with E-state index in [2.05, 4.69) is 15.6 Å². The lowest BCUT2D eigenvalue weighted by Gasteiger charge is -2.12. The largest absolute Gasteiger partial charge is 0.493 e. The van der Waals surface area contributed by atoms with Crippen LogP contribution in [-0.2, 0) is 0 Å². The molecule has 7 nitrogen and oxygen atoms in total. The number of hydrogen-bond donors (Lipinski definition) is 2. The number of carbonyl (C=O) groups is 1. The van der Waals surface area contributed by atoms with E-state index in [4.69, 9.17) is 9.47 Å². The van der Waals surface area contributed by atoms with E-state index in [9.17, 15) is 4.79 Å². The lowest BCUT2D eigenvalue weighted by atomic mass is 10.2. The van der Waals surface area contributed by atoms with Gasteiger partial charge in [-0.2, -0.15) is 0 Å². The number of amides is 1. The quantitative estimate of drug-likeness (QED) is 0.764. The lowest BCUT2D eigenvalue weighted by Crippen LogP contribution is -2.31. The highest BCUT2D eigenvalue weighted by atomic mass is 16.5. The Balaban J connectivity index is 2.07. The van der Waals surface area contributed by atoms with Crippen molar-refractivity contribution in [3.05, 3.63) is 42.1 Å². The van der Waals surface area contributed by atoms with E-state index in [0.717, 1.165) is 12.2 Å². The minimum atomic E-state index is -0.125. The fraction of sp³-hybridized carbons (Fsp3) is 0.333. The van der Waals surface area contributed by atoms with Crippen molar-refractivity contribution in [1.82, 2.24) is 15.2 Å². The molecule has 0 aliphatic rings. The molecule has 7 heteroatoms. The Hall–Kier alpha value is -2.80. The summed E-state index contributed by atoms with van der Waals surface area (Å²) >= 11 is 0. The number of benzene rings is 1. The van der Waals surface area contributed by atoms with Crippen molar-refractivity contribution in [2.24, 2.45) is 0 Å². The molecule has 1 amide bonds. The summed E-state index contributed by atoms with van der Waals surface area (Å²) in [5.74, 6) is 1.72. The molecule has 0 spiro atoms. The zero-order valence-electron chi connectivity index (χ0n) is 15.0. The van der Waals surface area contributed by atoms with Gasteiger partial charge >= 0.3 is 0 Å². The molecule has 1 aromatic carbocycles. The molecule has 0 unspecified atom stereocenters. The van der Waals surface area contributed by atoms with E-state index < -0.39 is 0 Å². The minimum Gasteiger partial charge on any atom is -0.493 e. The number of nitrogens with one attached hydrogen (secondary N) is 2. The summed E-state index contributed by atoms with van der Waals surface area (Å²) in [7, 11) is 7.09. The van der Waals surface area contributed by atoms with Crippen LogP contribution in [0, 0.1) is 0 Å². The summed E-state index contributed by atoms with van der Waals surface area (Å²) in [6, 6.07) is 8.86. The highest BCUT2D eigenvalue weighted by molar-refractivity contribution is 5.94. The first-order valence-electron chi connectivity index (χ1n) is 7.91. The predicted octanol–water partition coefficient (Wildman–Crippen LogP) is 2.13. The minimum absolute atomic E-state index is 0.125. The Labute approximate surface area is 148 Å². The first kappa shape index (κ1) is 18.5. The SMILES string of the molecule is COc1ccc(Nc2cc(C(=O)NCCN(C)C)ccn2)cc1OC. The number of nitrogens with zero attached hydrogens (tertiary/aromatic N) is 2. The van der Waals surface area contributed by atoms with Crippen molar-refractivity contribution in [1.29, 1.82) is 0 Å². The van der Waals surface area contributed by atoms with Gasteiger partial charge in [-0.05, 0) is 38.4 Å². The molecular formula is C18H24N4O3. The van der Waals surface area contributed by atoms with Gasteiger partial charge in [-0.25, -0.2) is 4.98 Å². The van der Waals surface area contributed by atoms with Gasteiger partial charge in [0, 0.05) is 36.6 Å². The maximum absolute atomic E-state index is 12.2. The fourth-order valence-electron chi connectivity index (χ4n) is 2.20. The third-order valence-electron chi connectivity index (χ3n) is 3.52. The third kappa shape index (κ3) is 5.36. The first-order chi connectivity index (χ1) is 12.0. The van der Waals surface area contributed by atoms with Gasteiger partial charge < -0.3 is 25.0 Å². The third-order valence-corrected chi connectivity index (χ3v) is 3.52. The standard InChI is InChI=1S/C18H24N4O3/c1-22(2)10-9-20-18(23)13-7-8-19-17(11-13)21-14-5-6-15(24-3)16(12-14)25-4/h5-8,11-12H,9-10H2,1-4H3,(H,19,21)(H,20,23). The number of methoxy groups -OCH3 is 2. The molecule has 0 atom stereocenters. The number of aromatic nitrogens is 1. The van der Waals surface area contributed by atoms with Crippen LogP contribution in [0.3, 0.4) is 0 Å². The number of likely N-dealkylation sites (N-methyl/N-ethyl adjacent to an activating group) is 1. The summed E-state index contributed by atoms with van der Waals surface area (Å²) in [4.78, 5) is 18.5. The van der Waals surface area contributed by atoms with Gasteiger partial charge in [-0.3, -0.25) is 4.79 Å². The number of rotatable bonds is 8. The van der Waals surface area contributed by atoms with Crippen molar-refractivity contribution in [3.8, 4) is 11.5 Å². The van der Waals surface area contributed by atoms with Gasteiger partial charge in [0.1, 0.15) is 5.82 Å². The molecule has 2 rings (SSSR count). The maximum Gasteiger partial charge on any atom is 0.251 e. The van der Waals surface area contributed by atoms with Crippen LogP contribution in [0.4, 0.5) is 11.5 Å². The second kappa shape index (κ2) is 8.89. The van der Waals surface area contributed by atoms with Crippen LogP contribution < -0.4 is 20.1 Å². The van der Waals surface area contributed by atoms with Gasteiger partial charge in [-0.1, -0.05) is 0 Å². The number of carbonyl (C=O) groups excluding carboxylic acids is 1. The first-order valence-corrected chi connectivity index (χ1v) is 7.91. The van der Waals surface area contributed by atoms with E-state index in [1.807, 2.05) is 31.1 Å². The van der Waals surface area contributed by atoms with Gasteiger partial charge in [0.2, 0.25) is 0 Å². The smallest absolute Gasteiger partial charge is 0.251 e. The monoisotopic (exact) mass is 344 g/mol. The van der Waals surface area contributed by atoms with Crippen LogP contribution in [0.25, 0.3) is 0 Å². The summed E-state index contributed by atoms with van der Waals surface area (Å²) in [6.45, 7) is 1.38. The second-order valence-electron chi connectivity index (χ2n) is 5.68. The van der Waals surface area contributed by atoms with Crippen molar-refractivity contribution < 1.29 is 14.3 Å². The lowest BCUT2D eigenvalue weighted by molar-refractivity contribution is 0.0951. The highest BCUT2D eigenvalue weighted by Gasteiger charge is 2.08. The molecule has 0 saturated carbocycles. The summed E-state index contributed by atoms with van der Waals surface area (Å²) < 4.78 is 10.5. The molecule has 0 saturated heterocycles. The molecule has 0 radical (unpaired) electrons. The van der Waals surface area contributed by atoms with Crippen molar-refractivity contribution >= 4 is 17.4 Å². The average molecular weight is 344 g/mol. The number of hydrogen-bond acceptors (Lipinski definition) is 6. The van der Waals surface area contributed by atoms with Gasteiger partial charge in [0.25, 0.3) is 5.91 Å². The molecule has 2 N–H and O–H groups in total. The van der Waals surface area contributed by atoms with Gasteiger partial charge in [0.05, 0.1) is 14.2 Å². The average Bonchev–Trinajstić information content (AvgIpc) is 2.61. The topological polar surface area (TPSA) is 75.7 Å². The van der Waals surface area contributed by atoms with Gasteiger partial charge in [-0.15, -0.1) is 0 Å². The van der Waals surface area contributed by atoms with E-state index in [-0.39, 0.29) is 5.91 Å². The Morgan fingerprint density at radius 1 is 1.12 bits per heavy atom. The molecule has 2 aromatic rings. The Bertz CT molecular complexity index is 719. The number of anilines is 2. The molecule has 0 aliphatic carbocycles. The van der Waals surface area contributed by atoms with Crippen LogP contribution in [0.1, 0.15) is 10.4 Å². The van der Waals surface area contributed by atoms with Crippen LogP contribution >= 0.6 is 0 Å². The number of ether oxygens (including phenoxy) is 2. The molecule has 134 valence electrons. The Morgan fingerprint density at radius 2 is 1.88 bits per heavy atom. The Kier molecular flexibility index (Phi) is 6.59. The second-order valence-corrected chi connectivity index (χ2v) is 5.68. The van der Waals surface area contributed by atoms with Gasteiger partial charge in [0.15, 0.2) is 11.5 Å². The molecule has 0 aliphatic heterocycles. The zero-order chi connectivity index (χ0) is 18.2. The van der Waals surface area contributed by atoms with Crippen LogP contribution in [0.2, 0.25) is 0 Å². The molecule has 1 aromatic heterocycles. The van der Waals surface area contributed by atoms with Crippen molar-refractivity contribution in [3.63, 3.8) is 0 Å². The summed E-state index contributed by atoms with van der Waals surface area (Å²) in [5.41, 5.74) is 1.34. The van der Waals surface area contributed by atoms with E-state index in [1.54, 1.807) is 38.6 Å². The van der Waals surface area contributed by atoms with Crippen molar-refractivity contribution in [2.75, 3.05) is 46.7 Å². The van der Waals surface area contributed by atoms with Crippen LogP contribution in [-0.4, -0.2) is 57.2 Å². The molecule has 0 fully saturated rings. The van der Waals surface area contributed by atoms with E-state index in [1.165, 1.54) is 0 Å². The van der Waals surface area contributed by atoms with Crippen LogP contribution in [0.5, 0.6) is 11.5 Å². The van der Waals surface area contributed by atoms with Crippen molar-refractivity contribution in [2.45, 2.75) is 0 Å². The van der Waals surface area contributed by atoms with E-state index >= 15 is 0 Å². The predicted molar refractivity (Wildman–Crippen MR) is 98.0 cm³/mol. The highest BCUT2D eigenvalue weighted by Crippen LogP contribution is 2.30. The number of pyridine rings is 1. The molecule has 1 heterocycles. The zero-order valence-corrected chi connectivity index (χ0v) is 15.0. The Morgan fingerprint density at radius 3 is 2.56 bits per heavy atom. The van der Waals surface area contributed by atoms with E-state index in [0.29, 0.717) is 29.4 Å². The molecular weight excluding hydrogens is 320 g/mol. The molecule has 0 bridgehead atoms. The molecule has 25 heavy (non-hydrogen) atoms. The van der Waals surface area contributed by atoms with Crippen LogP contribution in [0.15, 0.2) is 36.5 Å². The normalized spacial score (nSPS) is 10.4. The fourth-order valence-corrected chi connectivity index (χ4v) is 2.20. The maximum atomic E-state index is 12.2. The summed E-state index contributed by atoms with van der Waals surface area (Å²) in [5, 5.41) is 6.05.